The van der Waals surface area contributed by atoms with Crippen molar-refractivity contribution in [1.82, 2.24) is 9.58 Å². The lowest BCUT2D eigenvalue weighted by atomic mass is 10.2. The van der Waals surface area contributed by atoms with Crippen LogP contribution in [0, 0.1) is 0 Å². The maximum Gasteiger partial charge on any atom is 0.278 e. The van der Waals surface area contributed by atoms with Crippen molar-refractivity contribution in [2.24, 2.45) is 0 Å². The van der Waals surface area contributed by atoms with Crippen LogP contribution in [0.25, 0.3) is 0 Å². The number of fused-ring (bicyclic) bond motifs is 2. The highest BCUT2D eigenvalue weighted by atomic mass is 16.5. The molecule has 3 rings (SSSR count). The van der Waals surface area contributed by atoms with Crippen LogP contribution < -0.4 is 15.6 Å². The molecule has 2 aliphatic heterocycles. The summed E-state index contributed by atoms with van der Waals surface area (Å²) in [6.07, 6.45) is 2.13. The summed E-state index contributed by atoms with van der Waals surface area (Å²) < 4.78 is 12.4. The van der Waals surface area contributed by atoms with Crippen LogP contribution in [0.3, 0.4) is 0 Å². The zero-order valence-electron chi connectivity index (χ0n) is 11.3. The van der Waals surface area contributed by atoms with E-state index >= 15 is 0 Å². The number of carbonyl (C=O) groups is 1. The van der Waals surface area contributed by atoms with Gasteiger partial charge in [0, 0.05) is 18.8 Å². The second-order valence-corrected chi connectivity index (χ2v) is 4.79. The number of rotatable bonds is 3. The van der Waals surface area contributed by atoms with E-state index in [4.69, 9.17) is 9.47 Å². The largest absolute Gasteiger partial charge is 0.487 e. The van der Waals surface area contributed by atoms with Gasteiger partial charge < -0.3 is 19.8 Å². The summed E-state index contributed by atoms with van der Waals surface area (Å²) >= 11 is 0. The molecule has 1 fully saturated rings. The second kappa shape index (κ2) is 5.16. The number of hydrogen-bond acceptors (Lipinski definition) is 5. The van der Waals surface area contributed by atoms with E-state index in [2.05, 4.69) is 5.43 Å². The van der Waals surface area contributed by atoms with Crippen molar-refractivity contribution in [3.8, 4) is 5.75 Å². The first-order valence-corrected chi connectivity index (χ1v) is 6.76. The van der Waals surface area contributed by atoms with E-state index in [9.17, 15) is 9.59 Å². The number of pyridine rings is 1. The SMILES string of the molecule is CCCOc1c2n(ccc1=O)N[C@@H]1COCCN1C2=O. The first-order chi connectivity index (χ1) is 9.72. The van der Waals surface area contributed by atoms with Crippen molar-refractivity contribution < 1.29 is 14.3 Å². The third-order valence-electron chi connectivity index (χ3n) is 3.39. The number of nitrogens with zero attached hydrogens (tertiary/aromatic N) is 2. The summed E-state index contributed by atoms with van der Waals surface area (Å²) in [4.78, 5) is 26.2. The van der Waals surface area contributed by atoms with Gasteiger partial charge in [0.15, 0.2) is 11.4 Å². The number of amides is 1. The van der Waals surface area contributed by atoms with Crippen LogP contribution in [-0.4, -0.2) is 48.0 Å². The first-order valence-electron chi connectivity index (χ1n) is 6.76. The van der Waals surface area contributed by atoms with Crippen molar-refractivity contribution in [3.63, 3.8) is 0 Å². The summed E-state index contributed by atoms with van der Waals surface area (Å²) in [5.41, 5.74) is 3.15. The van der Waals surface area contributed by atoms with E-state index in [1.807, 2.05) is 6.92 Å². The van der Waals surface area contributed by atoms with Gasteiger partial charge in [-0.2, -0.15) is 0 Å². The average molecular weight is 279 g/mol. The Kier molecular flexibility index (Phi) is 3.35. The van der Waals surface area contributed by atoms with Crippen LogP contribution in [0.1, 0.15) is 23.8 Å². The van der Waals surface area contributed by atoms with Crippen LogP contribution in [-0.2, 0) is 4.74 Å². The van der Waals surface area contributed by atoms with E-state index in [0.29, 0.717) is 26.4 Å². The van der Waals surface area contributed by atoms with Gasteiger partial charge in [0.1, 0.15) is 6.17 Å². The fraction of sp³-hybridized carbons (Fsp3) is 0.538. The number of ether oxygens (including phenoxy) is 2. The fourth-order valence-electron chi connectivity index (χ4n) is 2.42. The molecule has 0 saturated carbocycles. The molecule has 7 heteroatoms. The van der Waals surface area contributed by atoms with Gasteiger partial charge in [0.2, 0.25) is 5.43 Å². The lowest BCUT2D eigenvalue weighted by Crippen LogP contribution is -2.59. The zero-order chi connectivity index (χ0) is 14.1. The molecule has 3 heterocycles. The third kappa shape index (κ3) is 2.03. The molecule has 108 valence electrons. The highest BCUT2D eigenvalue weighted by molar-refractivity contribution is 5.96. The van der Waals surface area contributed by atoms with Crippen molar-refractivity contribution in [2.45, 2.75) is 19.5 Å². The quantitative estimate of drug-likeness (QED) is 0.842. The fourth-order valence-corrected chi connectivity index (χ4v) is 2.42. The average Bonchev–Trinajstić information content (AvgIpc) is 2.47. The van der Waals surface area contributed by atoms with Crippen molar-refractivity contribution >= 4 is 5.91 Å². The Morgan fingerprint density at radius 3 is 3.15 bits per heavy atom. The molecule has 0 spiro atoms. The molecule has 0 aromatic carbocycles. The number of carbonyl (C=O) groups excluding carboxylic acids is 1. The lowest BCUT2D eigenvalue weighted by Gasteiger charge is -2.41. The highest BCUT2D eigenvalue weighted by Crippen LogP contribution is 2.22. The van der Waals surface area contributed by atoms with Gasteiger partial charge in [-0.3, -0.25) is 14.3 Å². The standard InChI is InChI=1S/C13H17N3O4/c1-2-6-20-12-9(17)3-4-16-11(12)13(18)15-5-7-19-8-10(15)14-16/h3-4,10,14H,2,5-8H2,1H3/t10-/m0/s1. The molecule has 1 amide bonds. The van der Waals surface area contributed by atoms with E-state index in [-0.39, 0.29) is 28.9 Å². The van der Waals surface area contributed by atoms with Gasteiger partial charge in [-0.25, -0.2) is 0 Å². The molecule has 0 radical (unpaired) electrons. The third-order valence-corrected chi connectivity index (χ3v) is 3.39. The minimum absolute atomic E-state index is 0.122. The summed E-state index contributed by atoms with van der Waals surface area (Å²) in [6.45, 7) is 3.80. The molecule has 20 heavy (non-hydrogen) atoms. The minimum Gasteiger partial charge on any atom is -0.487 e. The molecule has 1 N–H and O–H groups in total. The Morgan fingerprint density at radius 2 is 2.35 bits per heavy atom. The van der Waals surface area contributed by atoms with Gasteiger partial charge in [-0.15, -0.1) is 0 Å². The molecular weight excluding hydrogens is 262 g/mol. The van der Waals surface area contributed by atoms with E-state index in [0.717, 1.165) is 6.42 Å². The Labute approximate surface area is 116 Å². The predicted octanol–water partition coefficient (Wildman–Crippen LogP) is -0.00730. The summed E-state index contributed by atoms with van der Waals surface area (Å²) in [6, 6.07) is 1.40. The minimum atomic E-state index is -0.272. The second-order valence-electron chi connectivity index (χ2n) is 4.79. The van der Waals surface area contributed by atoms with E-state index < -0.39 is 0 Å². The smallest absolute Gasteiger partial charge is 0.278 e. The maximum atomic E-state index is 12.6. The first kappa shape index (κ1) is 13.0. The topological polar surface area (TPSA) is 72.8 Å². The molecule has 1 aromatic rings. The van der Waals surface area contributed by atoms with Gasteiger partial charge in [0.25, 0.3) is 5.91 Å². The molecule has 1 atom stereocenters. The number of aromatic nitrogens is 1. The number of hydrogen-bond donors (Lipinski definition) is 1. The number of nitrogens with one attached hydrogen (secondary N) is 1. The predicted molar refractivity (Wildman–Crippen MR) is 71.5 cm³/mol. The van der Waals surface area contributed by atoms with Gasteiger partial charge in [0.05, 0.1) is 19.8 Å². The van der Waals surface area contributed by atoms with Crippen LogP contribution in [0.5, 0.6) is 5.75 Å². The monoisotopic (exact) mass is 279 g/mol. The van der Waals surface area contributed by atoms with Gasteiger partial charge >= 0.3 is 0 Å². The van der Waals surface area contributed by atoms with Crippen molar-refractivity contribution in [2.75, 3.05) is 31.8 Å². The van der Waals surface area contributed by atoms with Gasteiger partial charge in [-0.05, 0) is 6.42 Å². The van der Waals surface area contributed by atoms with Gasteiger partial charge in [-0.1, -0.05) is 6.92 Å². The molecule has 1 aromatic heterocycles. The van der Waals surface area contributed by atoms with Crippen LogP contribution in [0.15, 0.2) is 17.1 Å². The van der Waals surface area contributed by atoms with E-state index in [1.165, 1.54) is 6.07 Å². The number of morpholine rings is 1. The molecule has 7 nitrogen and oxygen atoms in total. The Balaban J connectivity index is 2.04. The van der Waals surface area contributed by atoms with E-state index in [1.54, 1.807) is 15.8 Å². The molecule has 0 bridgehead atoms. The summed E-state index contributed by atoms with van der Waals surface area (Å²) in [5, 5.41) is 0. The summed E-state index contributed by atoms with van der Waals surface area (Å²) in [7, 11) is 0. The normalized spacial score (nSPS) is 20.9. The van der Waals surface area contributed by atoms with Crippen molar-refractivity contribution in [1.29, 1.82) is 0 Å². The highest BCUT2D eigenvalue weighted by Gasteiger charge is 2.36. The molecule has 0 unspecified atom stereocenters. The molecule has 0 aliphatic carbocycles. The summed E-state index contributed by atoms with van der Waals surface area (Å²) in [5.74, 6) is -0.0716. The van der Waals surface area contributed by atoms with Crippen LogP contribution >= 0.6 is 0 Å². The molecule has 2 aliphatic rings. The Morgan fingerprint density at radius 1 is 1.50 bits per heavy atom. The molecular formula is C13H17N3O4. The van der Waals surface area contributed by atoms with Crippen LogP contribution in [0.4, 0.5) is 0 Å². The molecule has 1 saturated heterocycles. The Hall–Kier alpha value is -2.02. The zero-order valence-corrected chi connectivity index (χ0v) is 11.3. The maximum absolute atomic E-state index is 12.6. The van der Waals surface area contributed by atoms with Crippen molar-refractivity contribution in [3.05, 3.63) is 28.2 Å². The Bertz CT molecular complexity index is 583. The lowest BCUT2D eigenvalue weighted by molar-refractivity contribution is -0.00323. The van der Waals surface area contributed by atoms with Crippen LogP contribution in [0.2, 0.25) is 0 Å².